The van der Waals surface area contributed by atoms with Gasteiger partial charge >= 0.3 is 0 Å². The highest BCUT2D eigenvalue weighted by Crippen LogP contribution is 2.36. The number of aryl methyl sites for hydroxylation is 1. The van der Waals surface area contributed by atoms with Crippen LogP contribution in [0.1, 0.15) is 17.5 Å². The molecule has 1 unspecified atom stereocenters. The average molecular weight is 388 g/mol. The van der Waals surface area contributed by atoms with Crippen LogP contribution in [0.3, 0.4) is 0 Å². The summed E-state index contributed by atoms with van der Waals surface area (Å²) in [5.74, 6) is 1.06. The average Bonchev–Trinajstić information content (AvgIpc) is 3.47. The lowest BCUT2D eigenvalue weighted by Crippen LogP contribution is -2.41. The van der Waals surface area contributed by atoms with E-state index < -0.39 is 0 Å². The molecular weight excluding hydrogens is 364 g/mol. The minimum atomic E-state index is -0.0986. The zero-order valence-electron chi connectivity index (χ0n) is 16.7. The monoisotopic (exact) mass is 388 g/mol. The molecule has 0 aliphatic carbocycles. The second-order valence-corrected chi connectivity index (χ2v) is 7.72. The number of nitrogens with zero attached hydrogens (tertiary/aromatic N) is 3. The highest BCUT2D eigenvalue weighted by atomic mass is 16.5. The number of aromatic nitrogens is 2. The summed E-state index contributed by atoms with van der Waals surface area (Å²) in [6, 6.07) is 12.3. The van der Waals surface area contributed by atoms with Gasteiger partial charge in [-0.1, -0.05) is 6.07 Å². The smallest absolute Gasteiger partial charge is 0.249 e. The zero-order valence-corrected chi connectivity index (χ0v) is 16.7. The number of nitrogens with one attached hydrogen (secondary N) is 1. The standard InChI is InChI=1S/C23H24N4O2/c1-15-11-18(3-5-20(15)17-13-24-25-14-17)26-10-8-22(23(26)28)27-9-7-16-12-19(29-2)4-6-21(16)27/h3-6,11-14,22H,7-10H2,1-2H3,(H,24,25). The summed E-state index contributed by atoms with van der Waals surface area (Å²) in [5.41, 5.74) is 6.72. The number of hydrogen-bond acceptors (Lipinski definition) is 4. The lowest BCUT2D eigenvalue weighted by molar-refractivity contribution is -0.118. The Morgan fingerprint density at radius 3 is 2.83 bits per heavy atom. The fourth-order valence-corrected chi connectivity index (χ4v) is 4.60. The van der Waals surface area contributed by atoms with Crippen molar-refractivity contribution in [2.24, 2.45) is 0 Å². The number of ether oxygens (including phenoxy) is 1. The molecule has 2 aromatic carbocycles. The normalized spacial score (nSPS) is 18.4. The first kappa shape index (κ1) is 17.8. The van der Waals surface area contributed by atoms with Gasteiger partial charge in [-0.05, 0) is 66.8 Å². The van der Waals surface area contributed by atoms with Gasteiger partial charge < -0.3 is 14.5 Å². The van der Waals surface area contributed by atoms with Crippen molar-refractivity contribution in [1.29, 1.82) is 0 Å². The molecule has 3 heterocycles. The molecule has 148 valence electrons. The topological polar surface area (TPSA) is 61.5 Å². The molecule has 3 aromatic rings. The van der Waals surface area contributed by atoms with Gasteiger partial charge in [0.1, 0.15) is 11.8 Å². The molecule has 6 heteroatoms. The van der Waals surface area contributed by atoms with Crippen LogP contribution in [0.25, 0.3) is 11.1 Å². The second-order valence-electron chi connectivity index (χ2n) is 7.72. The van der Waals surface area contributed by atoms with E-state index in [-0.39, 0.29) is 11.9 Å². The van der Waals surface area contributed by atoms with Gasteiger partial charge in [0.25, 0.3) is 0 Å². The van der Waals surface area contributed by atoms with Crippen LogP contribution in [-0.4, -0.2) is 42.3 Å². The molecule has 1 amide bonds. The summed E-state index contributed by atoms with van der Waals surface area (Å²) >= 11 is 0. The van der Waals surface area contributed by atoms with Crippen LogP contribution >= 0.6 is 0 Å². The molecule has 0 radical (unpaired) electrons. The zero-order chi connectivity index (χ0) is 20.0. The summed E-state index contributed by atoms with van der Waals surface area (Å²) in [6.45, 7) is 3.70. The van der Waals surface area contributed by atoms with Crippen LogP contribution in [0.4, 0.5) is 11.4 Å². The maximum atomic E-state index is 13.3. The number of amides is 1. The van der Waals surface area contributed by atoms with E-state index in [1.807, 2.05) is 29.4 Å². The van der Waals surface area contributed by atoms with Crippen molar-refractivity contribution < 1.29 is 9.53 Å². The van der Waals surface area contributed by atoms with Crippen LogP contribution < -0.4 is 14.5 Å². The van der Waals surface area contributed by atoms with E-state index in [4.69, 9.17) is 4.74 Å². The third kappa shape index (κ3) is 2.95. The van der Waals surface area contributed by atoms with E-state index in [1.165, 1.54) is 5.56 Å². The summed E-state index contributed by atoms with van der Waals surface area (Å²) in [7, 11) is 1.69. The summed E-state index contributed by atoms with van der Waals surface area (Å²) < 4.78 is 5.34. The fourth-order valence-electron chi connectivity index (χ4n) is 4.60. The highest BCUT2D eigenvalue weighted by Gasteiger charge is 2.39. The van der Waals surface area contributed by atoms with Gasteiger partial charge in [-0.2, -0.15) is 5.10 Å². The number of H-pyrrole nitrogens is 1. The molecule has 1 saturated heterocycles. The SMILES string of the molecule is COc1ccc2c(c1)CCN2C1CCN(c2ccc(-c3cn[nH]c3)c(C)c2)C1=O. The molecule has 0 spiro atoms. The first-order chi connectivity index (χ1) is 14.2. The number of benzene rings is 2. The molecule has 0 saturated carbocycles. The molecule has 1 fully saturated rings. The van der Waals surface area contributed by atoms with Gasteiger partial charge in [0.15, 0.2) is 0 Å². The summed E-state index contributed by atoms with van der Waals surface area (Å²) in [6.07, 6.45) is 5.50. The Balaban J connectivity index is 1.38. The molecule has 1 N–H and O–H groups in total. The van der Waals surface area contributed by atoms with Gasteiger partial charge in [0.2, 0.25) is 5.91 Å². The van der Waals surface area contributed by atoms with Crippen molar-refractivity contribution >= 4 is 17.3 Å². The number of carbonyl (C=O) groups excluding carboxylic acids is 1. The van der Waals surface area contributed by atoms with Crippen LogP contribution in [0.5, 0.6) is 5.75 Å². The van der Waals surface area contributed by atoms with Crippen LogP contribution in [0.2, 0.25) is 0 Å². The first-order valence-corrected chi connectivity index (χ1v) is 10.0. The second kappa shape index (κ2) is 6.95. The predicted molar refractivity (Wildman–Crippen MR) is 114 cm³/mol. The number of methoxy groups -OCH3 is 1. The highest BCUT2D eigenvalue weighted by molar-refractivity contribution is 6.02. The van der Waals surface area contributed by atoms with Crippen LogP contribution in [-0.2, 0) is 11.2 Å². The van der Waals surface area contributed by atoms with Gasteiger partial charge in [0.05, 0.1) is 13.3 Å². The summed E-state index contributed by atoms with van der Waals surface area (Å²) in [5, 5.41) is 6.89. The van der Waals surface area contributed by atoms with E-state index in [9.17, 15) is 4.79 Å². The van der Waals surface area contributed by atoms with E-state index in [0.717, 1.165) is 59.7 Å². The number of carbonyl (C=O) groups is 1. The Morgan fingerprint density at radius 2 is 2.07 bits per heavy atom. The molecule has 6 nitrogen and oxygen atoms in total. The molecule has 1 aromatic heterocycles. The van der Waals surface area contributed by atoms with E-state index in [0.29, 0.717) is 0 Å². The molecular formula is C23H24N4O2. The van der Waals surface area contributed by atoms with Gasteiger partial charge in [-0.25, -0.2) is 0 Å². The Kier molecular flexibility index (Phi) is 4.27. The largest absolute Gasteiger partial charge is 0.497 e. The molecule has 0 bridgehead atoms. The van der Waals surface area contributed by atoms with Crippen molar-refractivity contribution in [1.82, 2.24) is 10.2 Å². The summed E-state index contributed by atoms with van der Waals surface area (Å²) in [4.78, 5) is 17.5. The van der Waals surface area contributed by atoms with Gasteiger partial charge in [-0.3, -0.25) is 9.89 Å². The minimum absolute atomic E-state index is 0.0986. The van der Waals surface area contributed by atoms with Crippen molar-refractivity contribution in [3.63, 3.8) is 0 Å². The van der Waals surface area contributed by atoms with Crippen molar-refractivity contribution in [2.75, 3.05) is 30.0 Å². The quantitative estimate of drug-likeness (QED) is 0.742. The molecule has 5 rings (SSSR count). The number of hydrogen-bond donors (Lipinski definition) is 1. The molecule has 2 aliphatic rings. The molecule has 1 atom stereocenters. The Bertz CT molecular complexity index is 1060. The minimum Gasteiger partial charge on any atom is -0.497 e. The van der Waals surface area contributed by atoms with E-state index in [2.05, 4.69) is 46.3 Å². The molecule has 2 aliphatic heterocycles. The van der Waals surface area contributed by atoms with E-state index in [1.54, 1.807) is 7.11 Å². The van der Waals surface area contributed by atoms with Crippen molar-refractivity contribution in [2.45, 2.75) is 25.8 Å². The molecule has 29 heavy (non-hydrogen) atoms. The lowest BCUT2D eigenvalue weighted by atomic mass is 10.0. The third-order valence-electron chi connectivity index (χ3n) is 6.10. The van der Waals surface area contributed by atoms with Gasteiger partial charge in [0, 0.05) is 36.2 Å². The Hall–Kier alpha value is -3.28. The van der Waals surface area contributed by atoms with Crippen LogP contribution in [0.15, 0.2) is 48.8 Å². The number of rotatable bonds is 4. The number of anilines is 2. The van der Waals surface area contributed by atoms with Crippen molar-refractivity contribution in [3.05, 3.63) is 59.9 Å². The fraction of sp³-hybridized carbons (Fsp3) is 0.304. The van der Waals surface area contributed by atoms with Crippen molar-refractivity contribution in [3.8, 4) is 16.9 Å². The maximum Gasteiger partial charge on any atom is 0.249 e. The predicted octanol–water partition coefficient (Wildman–Crippen LogP) is 3.56. The first-order valence-electron chi connectivity index (χ1n) is 10.0. The Morgan fingerprint density at radius 1 is 1.17 bits per heavy atom. The maximum absolute atomic E-state index is 13.3. The number of aromatic amines is 1. The Labute approximate surface area is 170 Å². The van der Waals surface area contributed by atoms with Gasteiger partial charge in [-0.15, -0.1) is 0 Å². The lowest BCUT2D eigenvalue weighted by Gasteiger charge is -2.26. The number of fused-ring (bicyclic) bond motifs is 1. The third-order valence-corrected chi connectivity index (χ3v) is 6.10. The van der Waals surface area contributed by atoms with Crippen LogP contribution in [0, 0.1) is 6.92 Å². The van der Waals surface area contributed by atoms with E-state index >= 15 is 0 Å².